The smallest absolute Gasteiger partial charge is 0.306 e. The van der Waals surface area contributed by atoms with Gasteiger partial charge in [-0.25, -0.2) is 0 Å². The maximum Gasteiger partial charge on any atom is 0.306 e. The van der Waals surface area contributed by atoms with Crippen LogP contribution in [0.1, 0.15) is 290 Å². The fraction of sp³-hybridized carbons (Fsp3) is 0.696. The maximum atomic E-state index is 12.9. The van der Waals surface area contributed by atoms with Gasteiger partial charge in [-0.3, -0.25) is 14.4 Å². The van der Waals surface area contributed by atoms with E-state index in [0.717, 1.165) is 103 Å². The van der Waals surface area contributed by atoms with Crippen molar-refractivity contribution in [3.63, 3.8) is 0 Å². The van der Waals surface area contributed by atoms with Gasteiger partial charge in [-0.15, -0.1) is 0 Å². The molecule has 0 amide bonds. The van der Waals surface area contributed by atoms with E-state index in [-0.39, 0.29) is 31.6 Å². The van der Waals surface area contributed by atoms with E-state index in [1.165, 1.54) is 141 Å². The van der Waals surface area contributed by atoms with Gasteiger partial charge in [-0.1, -0.05) is 284 Å². The topological polar surface area (TPSA) is 78.9 Å². The van der Waals surface area contributed by atoms with Gasteiger partial charge >= 0.3 is 17.9 Å². The van der Waals surface area contributed by atoms with Crippen LogP contribution in [0.2, 0.25) is 0 Å². The number of rotatable bonds is 56. The summed E-state index contributed by atoms with van der Waals surface area (Å²) in [5.41, 5.74) is 0. The Labute approximate surface area is 463 Å². The van der Waals surface area contributed by atoms with E-state index in [2.05, 4.69) is 124 Å². The minimum absolute atomic E-state index is 0.115. The normalized spacial score (nSPS) is 12.8. The van der Waals surface area contributed by atoms with Gasteiger partial charge in [0.1, 0.15) is 13.2 Å². The van der Waals surface area contributed by atoms with E-state index in [9.17, 15) is 14.4 Å². The second-order valence-electron chi connectivity index (χ2n) is 20.6. The number of carbonyl (C=O) groups excluding carboxylic acids is 3. The van der Waals surface area contributed by atoms with Crippen molar-refractivity contribution in [2.45, 2.75) is 297 Å². The molecule has 428 valence electrons. The number of hydrogen-bond donors (Lipinski definition) is 0. The first-order valence-electron chi connectivity index (χ1n) is 31.4. The fourth-order valence-corrected chi connectivity index (χ4v) is 8.59. The summed E-state index contributed by atoms with van der Waals surface area (Å²) in [5.74, 6) is -1.02. The summed E-state index contributed by atoms with van der Waals surface area (Å²) in [6.07, 6.45) is 85.3. The molecule has 0 spiro atoms. The van der Waals surface area contributed by atoms with Crippen LogP contribution < -0.4 is 0 Å². The molecular formula is C69H116O6. The van der Waals surface area contributed by atoms with Crippen molar-refractivity contribution >= 4 is 17.9 Å². The molecule has 0 aromatic rings. The van der Waals surface area contributed by atoms with E-state index in [1.54, 1.807) is 0 Å². The fourth-order valence-electron chi connectivity index (χ4n) is 8.59. The largest absolute Gasteiger partial charge is 0.462 e. The number of hydrogen-bond acceptors (Lipinski definition) is 6. The molecule has 0 heterocycles. The zero-order valence-electron chi connectivity index (χ0n) is 49.0. The SMILES string of the molecule is CC/C=C\C/C=C\C/C=C\C/C=C\CCCCCCC(=O)OC[C@H](COC(=O)CCCCCCCCCCCCCCCCCCCCCCC)OC(=O)CC/C=C\C/C=C\C/C=C\C/C=C\C/C=C\CCCCC. The van der Waals surface area contributed by atoms with Crippen LogP contribution >= 0.6 is 0 Å². The van der Waals surface area contributed by atoms with Crippen molar-refractivity contribution in [3.05, 3.63) is 109 Å². The van der Waals surface area contributed by atoms with Crippen molar-refractivity contribution in [3.8, 4) is 0 Å². The molecule has 6 nitrogen and oxygen atoms in total. The highest BCUT2D eigenvalue weighted by atomic mass is 16.6. The first kappa shape index (κ1) is 71.1. The van der Waals surface area contributed by atoms with Crippen LogP contribution in [-0.2, 0) is 28.6 Å². The number of allylic oxidation sites excluding steroid dienone is 18. The second kappa shape index (κ2) is 62.6. The second-order valence-corrected chi connectivity index (χ2v) is 20.6. The van der Waals surface area contributed by atoms with E-state index < -0.39 is 12.1 Å². The standard InChI is InChI=1S/C69H116O6/c1-4-7-10-13-16-19-22-25-28-31-33-34-36-38-41-44-47-50-53-56-59-62-68(71)74-65-66(64-73-67(70)61-58-55-52-49-46-43-40-37-30-27-24-21-18-15-12-9-6-3)75-69(72)63-60-57-54-51-48-45-42-39-35-32-29-26-23-20-17-14-11-8-5-2/h9,12,17-18,20-21,26-27,29-30,35,39-40,43,45,48,54,57,66H,4-8,10-11,13-16,19,22-25,28,31-34,36-38,41-42,44,46-47,49-53,55-56,58-65H2,1-3H3/b12-9-,20-17-,21-18-,29-26-,30-27-,39-35-,43-40-,48-45-,57-54-/t66-/m1/s1. The van der Waals surface area contributed by atoms with Gasteiger partial charge in [0.2, 0.25) is 0 Å². The average Bonchev–Trinajstić information content (AvgIpc) is 3.41. The Hall–Kier alpha value is -3.93. The summed E-state index contributed by atoms with van der Waals surface area (Å²) < 4.78 is 16.8. The molecule has 0 fully saturated rings. The Morgan fingerprint density at radius 2 is 0.547 bits per heavy atom. The molecule has 0 aromatic carbocycles. The summed E-state index contributed by atoms with van der Waals surface area (Å²) >= 11 is 0. The predicted octanol–water partition coefficient (Wildman–Crippen LogP) is 21.4. The average molecular weight is 1040 g/mol. The lowest BCUT2D eigenvalue weighted by Gasteiger charge is -2.18. The third kappa shape index (κ3) is 60.8. The van der Waals surface area contributed by atoms with Gasteiger partial charge in [-0.05, 0) is 96.3 Å². The Balaban J connectivity index is 4.49. The lowest BCUT2D eigenvalue weighted by Crippen LogP contribution is -2.30. The van der Waals surface area contributed by atoms with Crippen LogP contribution in [0.5, 0.6) is 0 Å². The first-order valence-corrected chi connectivity index (χ1v) is 31.4. The van der Waals surface area contributed by atoms with Crippen LogP contribution in [0.3, 0.4) is 0 Å². The van der Waals surface area contributed by atoms with E-state index in [0.29, 0.717) is 19.3 Å². The van der Waals surface area contributed by atoms with Crippen molar-refractivity contribution in [1.29, 1.82) is 0 Å². The third-order valence-electron chi connectivity index (χ3n) is 13.3. The van der Waals surface area contributed by atoms with Crippen LogP contribution in [0.25, 0.3) is 0 Å². The quantitative estimate of drug-likeness (QED) is 0.0261. The Bertz CT molecular complexity index is 1520. The minimum Gasteiger partial charge on any atom is -0.462 e. The van der Waals surface area contributed by atoms with Crippen LogP contribution in [0.4, 0.5) is 0 Å². The molecule has 0 aromatic heterocycles. The first-order chi connectivity index (χ1) is 37.0. The van der Waals surface area contributed by atoms with Gasteiger partial charge in [0, 0.05) is 19.3 Å². The highest BCUT2D eigenvalue weighted by Gasteiger charge is 2.19. The molecule has 6 heteroatoms. The Morgan fingerprint density at radius 3 is 0.893 bits per heavy atom. The van der Waals surface area contributed by atoms with Crippen molar-refractivity contribution in [1.82, 2.24) is 0 Å². The summed E-state index contributed by atoms with van der Waals surface area (Å²) in [6, 6.07) is 0. The van der Waals surface area contributed by atoms with E-state index in [1.807, 2.05) is 6.08 Å². The van der Waals surface area contributed by atoms with Gasteiger partial charge in [0.15, 0.2) is 6.10 Å². The molecule has 75 heavy (non-hydrogen) atoms. The summed E-state index contributed by atoms with van der Waals surface area (Å²) in [5, 5.41) is 0. The lowest BCUT2D eigenvalue weighted by atomic mass is 10.0. The van der Waals surface area contributed by atoms with E-state index >= 15 is 0 Å². The number of esters is 3. The van der Waals surface area contributed by atoms with Gasteiger partial charge in [-0.2, -0.15) is 0 Å². The van der Waals surface area contributed by atoms with Crippen molar-refractivity contribution < 1.29 is 28.6 Å². The predicted molar refractivity (Wildman–Crippen MR) is 325 cm³/mol. The Morgan fingerprint density at radius 1 is 0.280 bits per heavy atom. The summed E-state index contributed by atoms with van der Waals surface area (Å²) in [7, 11) is 0. The molecule has 0 radical (unpaired) electrons. The Kier molecular flexibility index (Phi) is 59.3. The lowest BCUT2D eigenvalue weighted by molar-refractivity contribution is -0.166. The maximum absolute atomic E-state index is 12.9. The summed E-state index contributed by atoms with van der Waals surface area (Å²) in [6.45, 7) is 6.44. The third-order valence-corrected chi connectivity index (χ3v) is 13.3. The highest BCUT2D eigenvalue weighted by molar-refractivity contribution is 5.71. The van der Waals surface area contributed by atoms with Gasteiger partial charge < -0.3 is 14.2 Å². The monoisotopic (exact) mass is 1040 g/mol. The van der Waals surface area contributed by atoms with Crippen molar-refractivity contribution in [2.24, 2.45) is 0 Å². The van der Waals surface area contributed by atoms with Crippen LogP contribution in [-0.4, -0.2) is 37.2 Å². The molecule has 0 aliphatic rings. The molecular weight excluding hydrogens is 925 g/mol. The molecule has 1 atom stereocenters. The van der Waals surface area contributed by atoms with Crippen LogP contribution in [0.15, 0.2) is 109 Å². The minimum atomic E-state index is -0.830. The van der Waals surface area contributed by atoms with E-state index in [4.69, 9.17) is 14.2 Å². The molecule has 0 aliphatic carbocycles. The molecule has 0 N–H and O–H groups in total. The molecule has 0 saturated heterocycles. The number of ether oxygens (including phenoxy) is 3. The number of unbranched alkanes of at least 4 members (excludes halogenated alkanes) is 27. The molecule has 0 rings (SSSR count). The molecule has 0 unspecified atom stereocenters. The van der Waals surface area contributed by atoms with Crippen molar-refractivity contribution in [2.75, 3.05) is 13.2 Å². The highest BCUT2D eigenvalue weighted by Crippen LogP contribution is 2.16. The zero-order chi connectivity index (χ0) is 54.3. The molecule has 0 aliphatic heterocycles. The molecule has 0 bridgehead atoms. The van der Waals surface area contributed by atoms with Gasteiger partial charge in [0.25, 0.3) is 0 Å². The summed E-state index contributed by atoms with van der Waals surface area (Å²) in [4.78, 5) is 38.3. The van der Waals surface area contributed by atoms with Gasteiger partial charge in [0.05, 0.1) is 0 Å². The zero-order valence-corrected chi connectivity index (χ0v) is 49.0. The van der Waals surface area contributed by atoms with Crippen LogP contribution in [0, 0.1) is 0 Å². The number of carbonyl (C=O) groups is 3. The molecule has 0 saturated carbocycles.